The molecule has 15 heavy (non-hydrogen) atoms. The van der Waals surface area contributed by atoms with E-state index < -0.39 is 9.90 Å². The second kappa shape index (κ2) is 4.82. The molecule has 6 heteroatoms. The van der Waals surface area contributed by atoms with Crippen LogP contribution in [-0.4, -0.2) is 17.6 Å². The van der Waals surface area contributed by atoms with Crippen LogP contribution < -0.4 is 0 Å². The Hall–Kier alpha value is -0.790. The van der Waals surface area contributed by atoms with E-state index in [0.29, 0.717) is 0 Å². The van der Waals surface area contributed by atoms with Gasteiger partial charge >= 0.3 is 9.90 Å². The maximum Gasteiger partial charge on any atom is 0.340 e. The second-order valence-corrected chi connectivity index (χ2v) is 3.99. The van der Waals surface area contributed by atoms with Crippen LogP contribution >= 0.6 is 22.6 Å². The molecule has 1 heterocycles. The Morgan fingerprint density at radius 2 is 2.33 bits per heavy atom. The lowest BCUT2D eigenvalue weighted by Crippen LogP contribution is -2.14. The minimum absolute atomic E-state index is 0.139. The van der Waals surface area contributed by atoms with E-state index in [1.54, 1.807) is 6.92 Å². The predicted molar refractivity (Wildman–Crippen MR) is 58.1 cm³/mol. The lowest BCUT2D eigenvalue weighted by Gasteiger charge is -2.12. The van der Waals surface area contributed by atoms with Crippen LogP contribution in [0.3, 0.4) is 0 Å². The molecule has 3 nitrogen and oxygen atoms in total. The van der Waals surface area contributed by atoms with Crippen molar-refractivity contribution >= 4 is 28.6 Å². The van der Waals surface area contributed by atoms with E-state index in [9.17, 15) is 13.6 Å². The van der Waals surface area contributed by atoms with Crippen LogP contribution in [0.1, 0.15) is 22.8 Å². The summed E-state index contributed by atoms with van der Waals surface area (Å²) in [5.74, 6) is -0.781. The molecule has 0 amide bonds. The van der Waals surface area contributed by atoms with Crippen molar-refractivity contribution in [1.82, 2.24) is 4.98 Å². The van der Waals surface area contributed by atoms with Gasteiger partial charge in [0.25, 0.3) is 0 Å². The van der Waals surface area contributed by atoms with Gasteiger partial charge in [0.15, 0.2) is 0 Å². The molecule has 0 unspecified atom stereocenters. The van der Waals surface area contributed by atoms with Crippen molar-refractivity contribution < 1.29 is 18.3 Å². The number of aromatic nitrogens is 1. The van der Waals surface area contributed by atoms with E-state index in [0.717, 1.165) is 34.9 Å². The molecule has 1 aromatic rings. The summed E-state index contributed by atoms with van der Waals surface area (Å²) >= 11 is 0.961. The predicted octanol–water partition coefficient (Wildman–Crippen LogP) is 2.74. The van der Waals surface area contributed by atoms with Crippen LogP contribution in [0.4, 0.5) is 8.78 Å². The first-order valence-corrected chi connectivity index (χ1v) is 5.23. The highest BCUT2D eigenvalue weighted by Crippen LogP contribution is 2.36. The smallest absolute Gasteiger partial charge is 0.340 e. The molecule has 0 N–H and O–H groups in total. The number of ether oxygens (including phenoxy) is 1. The van der Waals surface area contributed by atoms with Gasteiger partial charge in [0.2, 0.25) is 0 Å². The summed E-state index contributed by atoms with van der Waals surface area (Å²) in [5.41, 5.74) is -0.574. The second-order valence-electron chi connectivity index (χ2n) is 2.64. The molecule has 1 aromatic heterocycles. The number of halogens is 3. The Labute approximate surface area is 99.0 Å². The Kier molecular flexibility index (Phi) is 3.95. The molecule has 0 saturated carbocycles. The van der Waals surface area contributed by atoms with E-state index in [1.807, 2.05) is 0 Å². The van der Waals surface area contributed by atoms with Crippen LogP contribution in [-0.2, 0) is 8.67 Å². The van der Waals surface area contributed by atoms with Crippen LogP contribution in [0.25, 0.3) is 0 Å². The van der Waals surface area contributed by atoms with Crippen molar-refractivity contribution in [2.24, 2.45) is 0 Å². The minimum Gasteiger partial charge on any atom is -0.462 e. The van der Waals surface area contributed by atoms with E-state index in [4.69, 9.17) is 0 Å². The highest BCUT2D eigenvalue weighted by molar-refractivity contribution is 14.1. The van der Waals surface area contributed by atoms with Crippen LogP contribution in [0.2, 0.25) is 0 Å². The third-order valence-electron chi connectivity index (χ3n) is 1.62. The maximum absolute atomic E-state index is 13.1. The molecule has 0 fully saturated rings. The molecule has 82 valence electrons. The molecule has 0 aromatic carbocycles. The molecule has 0 bridgehead atoms. The molecule has 0 spiro atoms. The summed E-state index contributed by atoms with van der Waals surface area (Å²) in [4.78, 5) is 14.9. The number of nitrogens with zero attached hydrogens (tertiary/aromatic N) is 1. The lowest BCUT2D eigenvalue weighted by molar-refractivity contribution is 0.0511. The summed E-state index contributed by atoms with van der Waals surface area (Å²) < 4.78 is 27.7. The van der Waals surface area contributed by atoms with E-state index in [2.05, 4.69) is 9.72 Å². The van der Waals surface area contributed by atoms with E-state index >= 15 is 0 Å². The van der Waals surface area contributed by atoms with Crippen molar-refractivity contribution in [3.8, 4) is 0 Å². The van der Waals surface area contributed by atoms with Gasteiger partial charge in [-0.3, -0.25) is 4.98 Å². The zero-order valence-corrected chi connectivity index (χ0v) is 9.99. The molecular weight excluding hydrogens is 319 g/mol. The zero-order chi connectivity index (χ0) is 11.5. The Balaban J connectivity index is 3.12. The molecule has 0 radical (unpaired) electrons. The van der Waals surface area contributed by atoms with Gasteiger partial charge in [-0.2, -0.15) is 8.78 Å². The normalized spacial score (nSPS) is 11.2. The Morgan fingerprint density at radius 1 is 1.67 bits per heavy atom. The summed E-state index contributed by atoms with van der Waals surface area (Å²) in [5, 5.41) is 0. The highest BCUT2D eigenvalue weighted by Gasteiger charge is 2.32. The van der Waals surface area contributed by atoms with E-state index in [-0.39, 0.29) is 17.7 Å². The fourth-order valence-corrected chi connectivity index (χ4v) is 1.48. The van der Waals surface area contributed by atoms with Gasteiger partial charge < -0.3 is 4.74 Å². The van der Waals surface area contributed by atoms with Gasteiger partial charge in [-0.15, -0.1) is 0 Å². The molecule has 1 rings (SSSR count). The maximum atomic E-state index is 13.1. The molecule has 0 saturated heterocycles. The molecular formula is C9H8F2INO2. The summed E-state index contributed by atoms with van der Waals surface area (Å²) in [6, 6.07) is 1.11. The molecule has 0 aliphatic carbocycles. The topological polar surface area (TPSA) is 39.2 Å². The van der Waals surface area contributed by atoms with Crippen molar-refractivity contribution in [2.45, 2.75) is 10.9 Å². The number of rotatable bonds is 3. The Morgan fingerprint density at radius 3 is 2.87 bits per heavy atom. The van der Waals surface area contributed by atoms with Crippen molar-refractivity contribution in [3.63, 3.8) is 0 Å². The number of esters is 1. The average molecular weight is 327 g/mol. The van der Waals surface area contributed by atoms with Crippen LogP contribution in [0, 0.1) is 0 Å². The van der Waals surface area contributed by atoms with Gasteiger partial charge in [0.1, 0.15) is 0 Å². The fourth-order valence-electron chi connectivity index (χ4n) is 1.01. The number of pyridine rings is 1. The number of hydrogen-bond acceptors (Lipinski definition) is 3. The zero-order valence-electron chi connectivity index (χ0n) is 7.84. The van der Waals surface area contributed by atoms with Crippen LogP contribution in [0.5, 0.6) is 0 Å². The molecule has 0 aliphatic rings. The first-order valence-electron chi connectivity index (χ1n) is 4.15. The molecule has 0 aliphatic heterocycles. The summed E-state index contributed by atoms with van der Waals surface area (Å²) in [6.07, 6.45) is 2.30. The summed E-state index contributed by atoms with van der Waals surface area (Å²) in [6.45, 7) is 1.75. The minimum atomic E-state index is -3.11. The molecule has 0 atom stereocenters. The Bertz CT molecular complexity index is 365. The van der Waals surface area contributed by atoms with Crippen LogP contribution in [0.15, 0.2) is 18.5 Å². The standard InChI is InChI=1S/C9H8F2INO2/c1-2-15-8(14)6-5-13-4-3-7(6)9(10,11)12/h3-5H,2H2,1H3. The average Bonchev–Trinajstić information content (AvgIpc) is 2.17. The van der Waals surface area contributed by atoms with Gasteiger partial charge in [0.05, 0.1) is 12.2 Å². The van der Waals surface area contributed by atoms with Gasteiger partial charge in [0, 0.05) is 40.5 Å². The quantitative estimate of drug-likeness (QED) is 0.487. The fraction of sp³-hybridized carbons (Fsp3) is 0.333. The highest BCUT2D eigenvalue weighted by atomic mass is 127. The number of hydrogen-bond donors (Lipinski definition) is 0. The third kappa shape index (κ3) is 3.08. The van der Waals surface area contributed by atoms with Crippen molar-refractivity contribution in [3.05, 3.63) is 29.6 Å². The van der Waals surface area contributed by atoms with Crippen molar-refractivity contribution in [1.29, 1.82) is 0 Å². The first kappa shape index (κ1) is 12.3. The lowest BCUT2D eigenvalue weighted by atomic mass is 10.1. The van der Waals surface area contributed by atoms with Gasteiger partial charge in [-0.05, 0) is 13.0 Å². The summed E-state index contributed by atoms with van der Waals surface area (Å²) in [7, 11) is 0. The SMILES string of the molecule is CCOC(=O)c1cnccc1C(F)(F)I. The number of carbonyl (C=O) groups is 1. The van der Waals surface area contributed by atoms with Crippen molar-refractivity contribution in [2.75, 3.05) is 6.61 Å². The third-order valence-corrected chi connectivity index (χ3v) is 2.20. The van der Waals surface area contributed by atoms with E-state index in [1.165, 1.54) is 6.20 Å². The number of carbonyl (C=O) groups excluding carboxylic acids is 1. The first-order chi connectivity index (χ1) is 6.96. The number of alkyl halides is 3. The largest absolute Gasteiger partial charge is 0.462 e. The van der Waals surface area contributed by atoms with Gasteiger partial charge in [-0.25, -0.2) is 4.79 Å². The van der Waals surface area contributed by atoms with Gasteiger partial charge in [-0.1, -0.05) is 0 Å². The monoisotopic (exact) mass is 327 g/mol.